The van der Waals surface area contributed by atoms with Crippen LogP contribution in [-0.4, -0.2) is 22.5 Å². The van der Waals surface area contributed by atoms with Gasteiger partial charge in [0.05, 0.1) is 11.0 Å². The molecule has 0 aliphatic carbocycles. The summed E-state index contributed by atoms with van der Waals surface area (Å²) in [5, 5.41) is 0.652. The summed E-state index contributed by atoms with van der Waals surface area (Å²) in [5.41, 5.74) is 2.58. The van der Waals surface area contributed by atoms with E-state index in [1.54, 1.807) is 24.1 Å². The Morgan fingerprint density at radius 3 is 2.45 bits per heavy atom. The molecule has 1 aromatic heterocycles. The minimum absolute atomic E-state index is 0.0351. The monoisotopic (exact) mass is 405 g/mol. The Hall–Kier alpha value is -3.31. The number of hydrogen-bond donors (Lipinski definition) is 0. The molecule has 0 bridgehead atoms. The number of nitrogens with zero attached hydrogens (tertiary/aromatic N) is 3. The summed E-state index contributed by atoms with van der Waals surface area (Å²) in [5.74, 6) is 1.35. The Bertz CT molecular complexity index is 1120. The molecule has 4 aromatic rings. The fourth-order valence-corrected chi connectivity index (χ4v) is 3.25. The first-order chi connectivity index (χ1) is 14.1. The van der Waals surface area contributed by atoms with Crippen molar-refractivity contribution in [1.29, 1.82) is 0 Å². The highest BCUT2D eigenvalue weighted by atomic mass is 35.5. The number of aromatic nitrogens is 2. The van der Waals surface area contributed by atoms with Crippen LogP contribution in [0.2, 0.25) is 5.02 Å². The van der Waals surface area contributed by atoms with Crippen LogP contribution in [0, 0.1) is 0 Å². The Labute approximate surface area is 174 Å². The van der Waals surface area contributed by atoms with Crippen LogP contribution in [0.25, 0.3) is 11.0 Å². The van der Waals surface area contributed by atoms with Crippen molar-refractivity contribution in [2.75, 3.05) is 11.9 Å². The van der Waals surface area contributed by atoms with Gasteiger partial charge in [-0.1, -0.05) is 41.9 Å². The fourth-order valence-electron chi connectivity index (χ4n) is 3.13. The van der Waals surface area contributed by atoms with E-state index in [1.807, 2.05) is 71.3 Å². The number of para-hydroxylation sites is 3. The number of benzene rings is 3. The molecule has 1 heterocycles. The standard InChI is InChI=1S/C23H20ClN3O2/c1-26(18-7-3-2-4-8-18)23(28)15-27-21-10-6-5-9-20(21)25-22(27)16-29-19-13-11-17(24)12-14-19/h2-14H,15-16H2,1H3. The van der Waals surface area contributed by atoms with Crippen molar-refractivity contribution < 1.29 is 9.53 Å². The lowest BCUT2D eigenvalue weighted by Gasteiger charge is -2.19. The number of rotatable bonds is 6. The summed E-state index contributed by atoms with van der Waals surface area (Å²) < 4.78 is 7.79. The number of hydrogen-bond acceptors (Lipinski definition) is 3. The van der Waals surface area contributed by atoms with Crippen LogP contribution < -0.4 is 9.64 Å². The van der Waals surface area contributed by atoms with E-state index in [1.165, 1.54) is 0 Å². The number of halogens is 1. The molecule has 0 radical (unpaired) electrons. The number of likely N-dealkylation sites (N-methyl/N-ethyl adjacent to an activating group) is 1. The number of carbonyl (C=O) groups is 1. The number of fused-ring (bicyclic) bond motifs is 1. The van der Waals surface area contributed by atoms with Crippen molar-refractivity contribution in [1.82, 2.24) is 9.55 Å². The van der Waals surface area contributed by atoms with E-state index in [0.29, 0.717) is 16.6 Å². The van der Waals surface area contributed by atoms with Gasteiger partial charge in [-0.3, -0.25) is 4.79 Å². The third kappa shape index (κ3) is 4.25. The first-order valence-electron chi connectivity index (χ1n) is 9.26. The zero-order chi connectivity index (χ0) is 20.2. The summed E-state index contributed by atoms with van der Waals surface area (Å²) in [6, 6.07) is 24.5. The van der Waals surface area contributed by atoms with Crippen molar-refractivity contribution >= 4 is 34.2 Å². The van der Waals surface area contributed by atoms with Crippen LogP contribution in [-0.2, 0) is 17.9 Å². The molecular formula is C23H20ClN3O2. The molecule has 0 aliphatic rings. The van der Waals surface area contributed by atoms with E-state index in [0.717, 1.165) is 16.7 Å². The first kappa shape index (κ1) is 19.0. The van der Waals surface area contributed by atoms with Gasteiger partial charge in [0.2, 0.25) is 5.91 Å². The quantitative estimate of drug-likeness (QED) is 0.457. The molecule has 0 saturated carbocycles. The summed E-state index contributed by atoms with van der Waals surface area (Å²) in [6.45, 7) is 0.420. The highest BCUT2D eigenvalue weighted by molar-refractivity contribution is 6.30. The van der Waals surface area contributed by atoms with Gasteiger partial charge in [-0.25, -0.2) is 4.98 Å². The molecule has 29 heavy (non-hydrogen) atoms. The molecule has 4 rings (SSSR count). The van der Waals surface area contributed by atoms with Gasteiger partial charge in [0.25, 0.3) is 0 Å². The maximum atomic E-state index is 12.9. The van der Waals surface area contributed by atoms with Crippen LogP contribution in [0.4, 0.5) is 5.69 Å². The maximum absolute atomic E-state index is 12.9. The molecule has 3 aromatic carbocycles. The Morgan fingerprint density at radius 1 is 1.00 bits per heavy atom. The maximum Gasteiger partial charge on any atom is 0.246 e. The minimum Gasteiger partial charge on any atom is -0.486 e. The largest absolute Gasteiger partial charge is 0.486 e. The zero-order valence-corrected chi connectivity index (χ0v) is 16.7. The number of anilines is 1. The molecule has 0 fully saturated rings. The van der Waals surface area contributed by atoms with Crippen molar-refractivity contribution in [3.63, 3.8) is 0 Å². The average Bonchev–Trinajstić information content (AvgIpc) is 3.11. The van der Waals surface area contributed by atoms with Crippen molar-refractivity contribution in [2.45, 2.75) is 13.2 Å². The molecule has 0 saturated heterocycles. The lowest BCUT2D eigenvalue weighted by molar-refractivity contribution is -0.118. The van der Waals surface area contributed by atoms with E-state index in [-0.39, 0.29) is 19.1 Å². The van der Waals surface area contributed by atoms with Gasteiger partial charge in [0.15, 0.2) is 0 Å². The summed E-state index contributed by atoms with van der Waals surface area (Å²) >= 11 is 5.93. The number of carbonyl (C=O) groups excluding carboxylic acids is 1. The highest BCUT2D eigenvalue weighted by Crippen LogP contribution is 2.21. The van der Waals surface area contributed by atoms with Crippen LogP contribution in [0.15, 0.2) is 78.9 Å². The number of imidazole rings is 1. The topological polar surface area (TPSA) is 47.4 Å². The lowest BCUT2D eigenvalue weighted by Crippen LogP contribution is -2.30. The Morgan fingerprint density at radius 2 is 1.69 bits per heavy atom. The van der Waals surface area contributed by atoms with Crippen molar-refractivity contribution in [3.8, 4) is 5.75 Å². The van der Waals surface area contributed by atoms with Gasteiger partial charge in [-0.05, 0) is 48.5 Å². The third-order valence-corrected chi connectivity index (χ3v) is 4.98. The second-order valence-electron chi connectivity index (χ2n) is 6.63. The van der Waals surface area contributed by atoms with Gasteiger partial charge in [0, 0.05) is 17.8 Å². The van der Waals surface area contributed by atoms with Gasteiger partial charge in [-0.15, -0.1) is 0 Å². The van der Waals surface area contributed by atoms with E-state index in [9.17, 15) is 4.79 Å². The van der Waals surface area contributed by atoms with E-state index >= 15 is 0 Å². The fraction of sp³-hybridized carbons (Fsp3) is 0.130. The van der Waals surface area contributed by atoms with Gasteiger partial charge >= 0.3 is 0 Å². The Kier molecular flexibility index (Phi) is 5.49. The zero-order valence-electron chi connectivity index (χ0n) is 16.0. The molecule has 5 nitrogen and oxygen atoms in total. The molecule has 0 N–H and O–H groups in total. The molecule has 6 heteroatoms. The number of amides is 1. The molecular weight excluding hydrogens is 386 g/mol. The summed E-state index contributed by atoms with van der Waals surface area (Å²) in [7, 11) is 1.78. The van der Waals surface area contributed by atoms with Crippen molar-refractivity contribution in [2.24, 2.45) is 0 Å². The van der Waals surface area contributed by atoms with Gasteiger partial charge in [0.1, 0.15) is 24.7 Å². The summed E-state index contributed by atoms with van der Waals surface area (Å²) in [6.07, 6.45) is 0. The van der Waals surface area contributed by atoms with Crippen LogP contribution in [0.3, 0.4) is 0 Å². The molecule has 0 unspecified atom stereocenters. The van der Waals surface area contributed by atoms with E-state index < -0.39 is 0 Å². The smallest absolute Gasteiger partial charge is 0.246 e. The molecule has 0 aliphatic heterocycles. The molecule has 0 atom stereocenters. The second-order valence-corrected chi connectivity index (χ2v) is 7.07. The van der Waals surface area contributed by atoms with Crippen LogP contribution in [0.1, 0.15) is 5.82 Å². The predicted molar refractivity (Wildman–Crippen MR) is 115 cm³/mol. The lowest BCUT2D eigenvalue weighted by atomic mass is 10.3. The predicted octanol–water partition coefficient (Wildman–Crippen LogP) is 4.93. The van der Waals surface area contributed by atoms with Gasteiger partial charge < -0.3 is 14.2 Å². The highest BCUT2D eigenvalue weighted by Gasteiger charge is 2.17. The molecule has 1 amide bonds. The second kappa shape index (κ2) is 8.37. The molecule has 0 spiro atoms. The van der Waals surface area contributed by atoms with Crippen molar-refractivity contribution in [3.05, 3.63) is 89.7 Å². The normalized spacial score (nSPS) is 10.8. The van der Waals surface area contributed by atoms with E-state index in [2.05, 4.69) is 4.98 Å². The van der Waals surface area contributed by atoms with Crippen LogP contribution in [0.5, 0.6) is 5.75 Å². The van der Waals surface area contributed by atoms with Gasteiger partial charge in [-0.2, -0.15) is 0 Å². The third-order valence-electron chi connectivity index (χ3n) is 4.73. The molecule has 146 valence electrons. The van der Waals surface area contributed by atoms with E-state index in [4.69, 9.17) is 16.3 Å². The first-order valence-corrected chi connectivity index (χ1v) is 9.64. The van der Waals surface area contributed by atoms with Crippen LogP contribution >= 0.6 is 11.6 Å². The SMILES string of the molecule is CN(C(=O)Cn1c(COc2ccc(Cl)cc2)nc2ccccc21)c1ccccc1. The Balaban J connectivity index is 1.59. The minimum atomic E-state index is -0.0351. The average molecular weight is 406 g/mol. The summed E-state index contributed by atoms with van der Waals surface area (Å²) in [4.78, 5) is 19.3. The number of ether oxygens (including phenoxy) is 1.